The molecule has 0 N–H and O–H groups in total. The van der Waals surface area contributed by atoms with E-state index in [4.69, 9.17) is 49.0 Å². The van der Waals surface area contributed by atoms with Crippen molar-refractivity contribution in [3.05, 3.63) is 71.8 Å². The van der Waals surface area contributed by atoms with Gasteiger partial charge in [0.2, 0.25) is 10.1 Å². The second-order valence-corrected chi connectivity index (χ2v) is 7.87. The van der Waals surface area contributed by atoms with Crippen LogP contribution >= 0.6 is 34.8 Å². The lowest BCUT2D eigenvalue weighted by Crippen LogP contribution is -2.44. The Kier molecular flexibility index (Phi) is 5.40. The minimum absolute atomic E-state index is 0.246. The van der Waals surface area contributed by atoms with Crippen LogP contribution in [0.3, 0.4) is 0 Å². The van der Waals surface area contributed by atoms with Crippen LogP contribution in [0.25, 0.3) is 0 Å². The van der Waals surface area contributed by atoms with Crippen LogP contribution in [0, 0.1) is 0 Å². The third kappa shape index (κ3) is 3.30. The Labute approximate surface area is 156 Å². The lowest BCUT2D eigenvalue weighted by Gasteiger charge is -2.38. The van der Waals surface area contributed by atoms with Crippen molar-refractivity contribution in [2.24, 2.45) is 0 Å². The molecule has 1 aliphatic heterocycles. The Bertz CT molecular complexity index is 619. The Hall–Kier alpha value is -0.810. The first-order valence-corrected chi connectivity index (χ1v) is 8.62. The standard InChI is InChI=1S/C18H17Cl3O3/c1-22-17(13-8-4-2-5-9-13,14-10-6-3-7-11-14)15-12-23-16(24-15)18(19,20)21/h2-11,15-16H,12H2,1H3. The molecule has 128 valence electrons. The van der Waals surface area contributed by atoms with Crippen LogP contribution in [-0.2, 0) is 19.8 Å². The van der Waals surface area contributed by atoms with Gasteiger partial charge in [0.15, 0.2) is 0 Å². The molecule has 24 heavy (non-hydrogen) atoms. The highest BCUT2D eigenvalue weighted by atomic mass is 35.6. The molecule has 1 saturated heterocycles. The zero-order valence-electron chi connectivity index (χ0n) is 13.0. The molecule has 2 aromatic rings. The molecule has 2 aromatic carbocycles. The quantitative estimate of drug-likeness (QED) is 0.712. The van der Waals surface area contributed by atoms with E-state index in [-0.39, 0.29) is 6.61 Å². The van der Waals surface area contributed by atoms with E-state index in [0.29, 0.717) is 0 Å². The van der Waals surface area contributed by atoms with E-state index in [9.17, 15) is 0 Å². The number of ether oxygens (including phenoxy) is 3. The van der Waals surface area contributed by atoms with Gasteiger partial charge in [-0.1, -0.05) is 95.5 Å². The molecule has 3 rings (SSSR count). The fraction of sp³-hybridized carbons (Fsp3) is 0.333. The van der Waals surface area contributed by atoms with Crippen LogP contribution in [0.1, 0.15) is 11.1 Å². The van der Waals surface area contributed by atoms with Gasteiger partial charge in [0.05, 0.1) is 6.61 Å². The number of benzene rings is 2. The molecule has 0 amide bonds. The fourth-order valence-corrected chi connectivity index (χ4v) is 3.41. The summed E-state index contributed by atoms with van der Waals surface area (Å²) in [5.41, 5.74) is 1.02. The van der Waals surface area contributed by atoms with Crippen LogP contribution in [0.15, 0.2) is 60.7 Å². The summed E-state index contributed by atoms with van der Waals surface area (Å²) < 4.78 is 15.9. The van der Waals surface area contributed by atoms with Gasteiger partial charge < -0.3 is 14.2 Å². The van der Waals surface area contributed by atoms with Crippen molar-refractivity contribution in [1.82, 2.24) is 0 Å². The molecule has 0 aliphatic carbocycles. The predicted octanol–water partition coefficient (Wildman–Crippen LogP) is 4.69. The zero-order valence-corrected chi connectivity index (χ0v) is 15.3. The third-order valence-corrected chi connectivity index (χ3v) is 4.67. The van der Waals surface area contributed by atoms with Gasteiger partial charge in [-0.3, -0.25) is 0 Å². The Morgan fingerprint density at radius 2 is 1.42 bits per heavy atom. The molecule has 0 radical (unpaired) electrons. The minimum Gasteiger partial charge on any atom is -0.366 e. The smallest absolute Gasteiger partial charge is 0.240 e. The van der Waals surface area contributed by atoms with Crippen molar-refractivity contribution in [3.63, 3.8) is 0 Å². The molecule has 1 fully saturated rings. The van der Waals surface area contributed by atoms with Gasteiger partial charge in [0.25, 0.3) is 0 Å². The second-order valence-electron chi connectivity index (χ2n) is 5.50. The maximum Gasteiger partial charge on any atom is 0.240 e. The molecule has 2 atom stereocenters. The molecular formula is C18H17Cl3O3. The van der Waals surface area contributed by atoms with E-state index in [2.05, 4.69) is 0 Å². The van der Waals surface area contributed by atoms with Crippen LogP contribution in [0.2, 0.25) is 0 Å². The van der Waals surface area contributed by atoms with Gasteiger partial charge in [0, 0.05) is 7.11 Å². The second kappa shape index (κ2) is 7.20. The highest BCUT2D eigenvalue weighted by molar-refractivity contribution is 6.67. The van der Waals surface area contributed by atoms with Crippen molar-refractivity contribution < 1.29 is 14.2 Å². The number of methoxy groups -OCH3 is 1. The summed E-state index contributed by atoms with van der Waals surface area (Å²) >= 11 is 17.8. The molecule has 1 aliphatic rings. The summed E-state index contributed by atoms with van der Waals surface area (Å²) in [6.45, 7) is 0.246. The molecule has 0 saturated carbocycles. The highest BCUT2D eigenvalue weighted by Gasteiger charge is 2.51. The molecule has 6 heteroatoms. The number of alkyl halides is 3. The fourth-order valence-electron chi connectivity index (χ4n) is 3.06. The van der Waals surface area contributed by atoms with Crippen molar-refractivity contribution in [2.45, 2.75) is 21.8 Å². The van der Waals surface area contributed by atoms with Crippen LogP contribution in [0.5, 0.6) is 0 Å². The summed E-state index contributed by atoms with van der Waals surface area (Å²) in [4.78, 5) is 0. The average Bonchev–Trinajstić information content (AvgIpc) is 3.09. The van der Waals surface area contributed by atoms with E-state index in [0.717, 1.165) is 11.1 Å². The molecule has 0 bridgehead atoms. The first-order valence-electron chi connectivity index (χ1n) is 7.48. The minimum atomic E-state index is -1.67. The molecule has 3 nitrogen and oxygen atoms in total. The monoisotopic (exact) mass is 386 g/mol. The van der Waals surface area contributed by atoms with Crippen LogP contribution in [-0.4, -0.2) is 29.9 Å². The van der Waals surface area contributed by atoms with Crippen molar-refractivity contribution in [2.75, 3.05) is 13.7 Å². The Balaban J connectivity index is 2.07. The first kappa shape index (κ1) is 18.0. The Morgan fingerprint density at radius 3 is 1.79 bits per heavy atom. The van der Waals surface area contributed by atoms with Crippen molar-refractivity contribution in [3.8, 4) is 0 Å². The first-order chi connectivity index (χ1) is 11.5. The summed E-state index contributed by atoms with van der Waals surface area (Å²) in [6.07, 6.45) is -1.41. The van der Waals surface area contributed by atoms with Crippen molar-refractivity contribution >= 4 is 34.8 Å². The van der Waals surface area contributed by atoms with Gasteiger partial charge in [-0.25, -0.2) is 0 Å². The van der Waals surface area contributed by atoms with E-state index in [1.165, 1.54) is 0 Å². The van der Waals surface area contributed by atoms with E-state index < -0.39 is 21.8 Å². The Morgan fingerprint density at radius 1 is 0.917 bits per heavy atom. The summed E-state index contributed by atoms with van der Waals surface area (Å²) in [5.74, 6) is 0. The lowest BCUT2D eigenvalue weighted by molar-refractivity contribution is -0.118. The van der Waals surface area contributed by atoms with Gasteiger partial charge >= 0.3 is 0 Å². The van der Waals surface area contributed by atoms with Crippen molar-refractivity contribution in [1.29, 1.82) is 0 Å². The molecule has 0 aromatic heterocycles. The molecule has 0 spiro atoms. The van der Waals surface area contributed by atoms with Gasteiger partial charge in [-0.2, -0.15) is 0 Å². The van der Waals surface area contributed by atoms with Crippen LogP contribution < -0.4 is 0 Å². The zero-order chi connectivity index (χ0) is 17.2. The highest BCUT2D eigenvalue weighted by Crippen LogP contribution is 2.44. The lowest BCUT2D eigenvalue weighted by atomic mass is 9.81. The van der Waals surface area contributed by atoms with Crippen LogP contribution in [0.4, 0.5) is 0 Å². The maximum absolute atomic E-state index is 6.02. The number of rotatable bonds is 4. The van der Waals surface area contributed by atoms with E-state index >= 15 is 0 Å². The topological polar surface area (TPSA) is 27.7 Å². The van der Waals surface area contributed by atoms with E-state index in [1.54, 1.807) is 7.11 Å². The number of halogens is 3. The van der Waals surface area contributed by atoms with E-state index in [1.807, 2.05) is 60.7 Å². The average molecular weight is 388 g/mol. The van der Waals surface area contributed by atoms with Gasteiger partial charge in [-0.05, 0) is 11.1 Å². The van der Waals surface area contributed by atoms with Gasteiger partial charge in [0.1, 0.15) is 11.7 Å². The number of hydrogen-bond acceptors (Lipinski definition) is 3. The maximum atomic E-state index is 6.02. The molecular weight excluding hydrogens is 371 g/mol. The normalized spacial score (nSPS) is 21.8. The molecule has 1 heterocycles. The van der Waals surface area contributed by atoms with Gasteiger partial charge in [-0.15, -0.1) is 0 Å². The summed E-state index contributed by atoms with van der Waals surface area (Å²) in [7, 11) is 1.64. The molecule has 2 unspecified atom stereocenters. The summed E-state index contributed by atoms with van der Waals surface area (Å²) in [5, 5.41) is 0. The predicted molar refractivity (Wildman–Crippen MR) is 95.6 cm³/mol. The number of hydrogen-bond donors (Lipinski definition) is 0. The largest absolute Gasteiger partial charge is 0.366 e. The summed E-state index contributed by atoms with van der Waals surface area (Å²) in [6, 6.07) is 19.7. The SMILES string of the molecule is COC(c1ccccc1)(c1ccccc1)C1COC(C(Cl)(Cl)Cl)O1. The third-order valence-electron chi connectivity index (χ3n) is 4.13.